The lowest BCUT2D eigenvalue weighted by Crippen LogP contribution is -2.06. The van der Waals surface area contributed by atoms with Gasteiger partial charge in [0.1, 0.15) is 0 Å². The Bertz CT molecular complexity index is 618. The minimum Gasteiger partial charge on any atom is -0.481 e. The molecule has 0 amide bonds. The van der Waals surface area contributed by atoms with Crippen molar-refractivity contribution in [2.24, 2.45) is 0 Å². The standard InChI is InChI=1S/C13H14N2O4/c1-2-19-13(18)9-3-4-11-10(7-9)8-14-15(11)6-5-12(16)17/h3-4,7-8H,2,5-6H2,1H3,(H,16,17). The first-order valence-electron chi connectivity index (χ1n) is 5.96. The molecule has 0 unspecified atom stereocenters. The second-order valence-electron chi connectivity index (χ2n) is 4.01. The highest BCUT2D eigenvalue weighted by atomic mass is 16.5. The van der Waals surface area contributed by atoms with Gasteiger partial charge >= 0.3 is 11.9 Å². The second-order valence-corrected chi connectivity index (χ2v) is 4.01. The van der Waals surface area contributed by atoms with E-state index in [0.717, 1.165) is 10.9 Å². The predicted molar refractivity (Wildman–Crippen MR) is 67.9 cm³/mol. The van der Waals surface area contributed by atoms with E-state index in [2.05, 4.69) is 5.10 Å². The van der Waals surface area contributed by atoms with Crippen molar-refractivity contribution in [3.8, 4) is 0 Å². The third kappa shape index (κ3) is 2.90. The molecule has 1 heterocycles. The number of aromatic nitrogens is 2. The largest absolute Gasteiger partial charge is 0.481 e. The number of esters is 1. The molecule has 19 heavy (non-hydrogen) atoms. The molecule has 6 heteroatoms. The van der Waals surface area contributed by atoms with E-state index in [4.69, 9.17) is 9.84 Å². The Morgan fingerprint density at radius 1 is 1.42 bits per heavy atom. The van der Waals surface area contributed by atoms with Crippen LogP contribution in [0.3, 0.4) is 0 Å². The zero-order valence-corrected chi connectivity index (χ0v) is 10.5. The molecule has 0 spiro atoms. The maximum Gasteiger partial charge on any atom is 0.338 e. The summed E-state index contributed by atoms with van der Waals surface area (Å²) >= 11 is 0. The summed E-state index contributed by atoms with van der Waals surface area (Å²) in [5, 5.41) is 13.6. The number of benzene rings is 1. The van der Waals surface area contributed by atoms with E-state index in [0.29, 0.717) is 18.7 Å². The van der Waals surface area contributed by atoms with Crippen LogP contribution in [0.4, 0.5) is 0 Å². The van der Waals surface area contributed by atoms with Crippen LogP contribution in [0.25, 0.3) is 10.9 Å². The Balaban J connectivity index is 2.26. The van der Waals surface area contributed by atoms with Gasteiger partial charge in [-0.3, -0.25) is 9.48 Å². The average Bonchev–Trinajstić information content (AvgIpc) is 2.78. The van der Waals surface area contributed by atoms with Crippen LogP contribution in [0.1, 0.15) is 23.7 Å². The molecule has 0 aliphatic heterocycles. The van der Waals surface area contributed by atoms with Gasteiger partial charge in [-0.15, -0.1) is 0 Å². The van der Waals surface area contributed by atoms with Gasteiger partial charge in [0.25, 0.3) is 0 Å². The third-order valence-corrected chi connectivity index (χ3v) is 2.69. The van der Waals surface area contributed by atoms with E-state index < -0.39 is 5.97 Å². The number of fused-ring (bicyclic) bond motifs is 1. The predicted octanol–water partition coefficient (Wildman–Crippen LogP) is 1.69. The minimum atomic E-state index is -0.869. The summed E-state index contributed by atoms with van der Waals surface area (Å²) in [6.07, 6.45) is 1.62. The van der Waals surface area contributed by atoms with Gasteiger partial charge in [-0.25, -0.2) is 4.79 Å². The molecule has 100 valence electrons. The SMILES string of the molecule is CCOC(=O)c1ccc2c(cnn2CCC(=O)O)c1. The molecular weight excluding hydrogens is 248 g/mol. The van der Waals surface area contributed by atoms with E-state index in [-0.39, 0.29) is 12.4 Å². The fraction of sp³-hybridized carbons (Fsp3) is 0.308. The van der Waals surface area contributed by atoms with Crippen molar-refractivity contribution in [1.82, 2.24) is 9.78 Å². The molecule has 2 rings (SSSR count). The van der Waals surface area contributed by atoms with Crippen LogP contribution in [0.15, 0.2) is 24.4 Å². The topological polar surface area (TPSA) is 81.4 Å². The summed E-state index contributed by atoms with van der Waals surface area (Å²) in [6, 6.07) is 5.09. The summed E-state index contributed by atoms with van der Waals surface area (Å²) in [4.78, 5) is 22.1. The first-order valence-corrected chi connectivity index (χ1v) is 5.96. The summed E-state index contributed by atoms with van der Waals surface area (Å²) < 4.78 is 6.53. The number of hydrogen-bond acceptors (Lipinski definition) is 4. The number of aliphatic carboxylic acids is 1. The van der Waals surface area contributed by atoms with Crippen molar-refractivity contribution in [2.75, 3.05) is 6.61 Å². The fourth-order valence-electron chi connectivity index (χ4n) is 1.81. The Kier molecular flexibility index (Phi) is 3.79. The van der Waals surface area contributed by atoms with Gasteiger partial charge in [0.15, 0.2) is 0 Å². The van der Waals surface area contributed by atoms with E-state index in [9.17, 15) is 9.59 Å². The molecule has 0 atom stereocenters. The molecule has 0 bridgehead atoms. The van der Waals surface area contributed by atoms with Gasteiger partial charge in [-0.1, -0.05) is 0 Å². The number of nitrogens with zero attached hydrogens (tertiary/aromatic N) is 2. The average molecular weight is 262 g/mol. The number of carboxylic acid groups (broad SMARTS) is 1. The lowest BCUT2D eigenvalue weighted by molar-refractivity contribution is -0.137. The normalized spacial score (nSPS) is 10.6. The molecular formula is C13H14N2O4. The van der Waals surface area contributed by atoms with Crippen LogP contribution < -0.4 is 0 Å². The number of aryl methyl sites for hydroxylation is 1. The van der Waals surface area contributed by atoms with E-state index in [1.54, 1.807) is 36.0 Å². The number of carboxylic acids is 1. The Morgan fingerprint density at radius 3 is 2.89 bits per heavy atom. The van der Waals surface area contributed by atoms with Crippen molar-refractivity contribution in [3.05, 3.63) is 30.0 Å². The van der Waals surface area contributed by atoms with Crippen LogP contribution in [0.5, 0.6) is 0 Å². The smallest absolute Gasteiger partial charge is 0.338 e. The van der Waals surface area contributed by atoms with Crippen molar-refractivity contribution >= 4 is 22.8 Å². The Labute approximate surface area is 109 Å². The van der Waals surface area contributed by atoms with Crippen LogP contribution in [0, 0.1) is 0 Å². The van der Waals surface area contributed by atoms with E-state index in [1.807, 2.05) is 0 Å². The molecule has 0 aliphatic carbocycles. The Morgan fingerprint density at radius 2 is 2.21 bits per heavy atom. The van der Waals surface area contributed by atoms with E-state index >= 15 is 0 Å². The van der Waals surface area contributed by atoms with Gasteiger partial charge in [0.05, 0.1) is 36.8 Å². The number of ether oxygens (including phenoxy) is 1. The lowest BCUT2D eigenvalue weighted by Gasteiger charge is -2.03. The number of carbonyl (C=O) groups is 2. The summed E-state index contributed by atoms with van der Waals surface area (Å²) in [6.45, 7) is 2.38. The summed E-state index contributed by atoms with van der Waals surface area (Å²) in [7, 11) is 0. The lowest BCUT2D eigenvalue weighted by atomic mass is 10.1. The van der Waals surface area contributed by atoms with Crippen molar-refractivity contribution in [3.63, 3.8) is 0 Å². The first-order chi connectivity index (χ1) is 9.11. The molecule has 0 radical (unpaired) electrons. The van der Waals surface area contributed by atoms with E-state index in [1.165, 1.54) is 0 Å². The molecule has 2 aromatic rings. The van der Waals surface area contributed by atoms with Gasteiger partial charge in [-0.05, 0) is 25.1 Å². The quantitative estimate of drug-likeness (QED) is 0.829. The zero-order valence-electron chi connectivity index (χ0n) is 10.5. The van der Waals surface area contributed by atoms with Crippen LogP contribution in [-0.4, -0.2) is 33.4 Å². The van der Waals surface area contributed by atoms with Crippen LogP contribution >= 0.6 is 0 Å². The van der Waals surface area contributed by atoms with Gasteiger partial charge in [-0.2, -0.15) is 5.10 Å². The number of carbonyl (C=O) groups excluding carboxylic acids is 1. The molecule has 0 saturated heterocycles. The molecule has 0 aliphatic rings. The highest BCUT2D eigenvalue weighted by Gasteiger charge is 2.10. The first kappa shape index (κ1) is 13.1. The van der Waals surface area contributed by atoms with Crippen molar-refractivity contribution in [1.29, 1.82) is 0 Å². The maximum absolute atomic E-state index is 11.6. The van der Waals surface area contributed by atoms with Crippen molar-refractivity contribution in [2.45, 2.75) is 19.9 Å². The molecule has 0 saturated carbocycles. The van der Waals surface area contributed by atoms with Gasteiger partial charge in [0, 0.05) is 5.39 Å². The van der Waals surface area contributed by atoms with Gasteiger partial charge < -0.3 is 9.84 Å². The Hall–Kier alpha value is -2.37. The molecule has 1 aromatic heterocycles. The third-order valence-electron chi connectivity index (χ3n) is 2.69. The molecule has 1 aromatic carbocycles. The summed E-state index contributed by atoms with van der Waals surface area (Å²) in [5.74, 6) is -1.24. The molecule has 6 nitrogen and oxygen atoms in total. The van der Waals surface area contributed by atoms with Crippen molar-refractivity contribution < 1.29 is 19.4 Å². The van der Waals surface area contributed by atoms with Gasteiger partial charge in [0.2, 0.25) is 0 Å². The number of rotatable bonds is 5. The summed E-state index contributed by atoms with van der Waals surface area (Å²) in [5.41, 5.74) is 1.27. The zero-order chi connectivity index (χ0) is 13.8. The van der Waals surface area contributed by atoms with Crippen LogP contribution in [-0.2, 0) is 16.1 Å². The monoisotopic (exact) mass is 262 g/mol. The number of hydrogen-bond donors (Lipinski definition) is 1. The highest BCUT2D eigenvalue weighted by molar-refractivity contribution is 5.94. The minimum absolute atomic E-state index is 0.0103. The molecule has 1 N–H and O–H groups in total. The molecule has 0 fully saturated rings. The fourth-order valence-corrected chi connectivity index (χ4v) is 1.81. The highest BCUT2D eigenvalue weighted by Crippen LogP contribution is 2.17. The second kappa shape index (κ2) is 5.51. The van der Waals surface area contributed by atoms with Crippen LogP contribution in [0.2, 0.25) is 0 Å². The maximum atomic E-state index is 11.6.